The van der Waals surface area contributed by atoms with E-state index in [9.17, 15) is 4.79 Å². The molecule has 3 nitrogen and oxygen atoms in total. The Bertz CT molecular complexity index is 901. The highest BCUT2D eigenvalue weighted by molar-refractivity contribution is 5.93. The third kappa shape index (κ3) is 5.05. The Labute approximate surface area is 161 Å². The summed E-state index contributed by atoms with van der Waals surface area (Å²) in [6.45, 7) is 6.37. The smallest absolute Gasteiger partial charge is 0.238 e. The summed E-state index contributed by atoms with van der Waals surface area (Å²) >= 11 is 0. The second-order valence-corrected chi connectivity index (χ2v) is 7.00. The Kier molecular flexibility index (Phi) is 6.05. The number of amides is 1. The first kappa shape index (κ1) is 18.9. The minimum absolute atomic E-state index is 0.0309. The van der Waals surface area contributed by atoms with Gasteiger partial charge in [0, 0.05) is 5.69 Å². The lowest BCUT2D eigenvalue weighted by Gasteiger charge is -2.20. The van der Waals surface area contributed by atoms with Gasteiger partial charge in [-0.1, -0.05) is 77.9 Å². The number of hydrogen-bond donors (Lipinski definition) is 2. The Morgan fingerprint density at radius 1 is 0.815 bits per heavy atom. The van der Waals surface area contributed by atoms with Crippen molar-refractivity contribution in [2.24, 2.45) is 0 Å². The SMILES string of the molecule is Cc1ccc([C@@H](NCC(=O)Nc2ccc(C)cc2C)c2ccccc2)cc1. The monoisotopic (exact) mass is 358 g/mol. The van der Waals surface area contributed by atoms with Crippen LogP contribution in [0, 0.1) is 20.8 Å². The van der Waals surface area contributed by atoms with Crippen molar-refractivity contribution in [3.05, 3.63) is 101 Å². The number of nitrogens with one attached hydrogen (secondary N) is 2. The molecule has 3 rings (SSSR count). The quantitative estimate of drug-likeness (QED) is 0.656. The lowest BCUT2D eigenvalue weighted by molar-refractivity contribution is -0.115. The number of benzene rings is 3. The van der Waals surface area contributed by atoms with Crippen molar-refractivity contribution >= 4 is 11.6 Å². The van der Waals surface area contributed by atoms with Gasteiger partial charge in [-0.25, -0.2) is 0 Å². The largest absolute Gasteiger partial charge is 0.325 e. The van der Waals surface area contributed by atoms with Gasteiger partial charge in [-0.15, -0.1) is 0 Å². The molecule has 3 heteroatoms. The lowest BCUT2D eigenvalue weighted by Crippen LogP contribution is -2.32. The molecular weight excluding hydrogens is 332 g/mol. The zero-order chi connectivity index (χ0) is 19.2. The number of hydrogen-bond acceptors (Lipinski definition) is 2. The van der Waals surface area contributed by atoms with Crippen LogP contribution in [0.15, 0.2) is 72.8 Å². The molecule has 2 N–H and O–H groups in total. The van der Waals surface area contributed by atoms with E-state index in [0.717, 1.165) is 22.4 Å². The molecule has 0 saturated heterocycles. The maximum atomic E-state index is 12.5. The van der Waals surface area contributed by atoms with E-state index in [-0.39, 0.29) is 18.5 Å². The Hall–Kier alpha value is -2.91. The number of aryl methyl sites for hydroxylation is 3. The first-order valence-electron chi connectivity index (χ1n) is 9.25. The minimum atomic E-state index is -0.0463. The van der Waals surface area contributed by atoms with Crippen LogP contribution in [0.25, 0.3) is 0 Å². The first-order valence-corrected chi connectivity index (χ1v) is 9.25. The Balaban J connectivity index is 1.72. The van der Waals surface area contributed by atoms with Gasteiger partial charge in [0.05, 0.1) is 12.6 Å². The Morgan fingerprint density at radius 3 is 2.11 bits per heavy atom. The summed E-state index contributed by atoms with van der Waals surface area (Å²) in [7, 11) is 0. The van der Waals surface area contributed by atoms with Gasteiger partial charge in [-0.05, 0) is 43.5 Å². The number of anilines is 1. The van der Waals surface area contributed by atoms with Crippen LogP contribution in [0.3, 0.4) is 0 Å². The molecule has 0 spiro atoms. The van der Waals surface area contributed by atoms with E-state index >= 15 is 0 Å². The molecule has 0 unspecified atom stereocenters. The van der Waals surface area contributed by atoms with Crippen LogP contribution in [-0.2, 0) is 4.79 Å². The number of carbonyl (C=O) groups is 1. The van der Waals surface area contributed by atoms with E-state index < -0.39 is 0 Å². The topological polar surface area (TPSA) is 41.1 Å². The van der Waals surface area contributed by atoms with E-state index in [2.05, 4.69) is 60.0 Å². The molecule has 138 valence electrons. The highest BCUT2D eigenvalue weighted by atomic mass is 16.1. The highest BCUT2D eigenvalue weighted by Gasteiger charge is 2.15. The van der Waals surface area contributed by atoms with E-state index in [0.29, 0.717) is 0 Å². The molecule has 3 aromatic rings. The van der Waals surface area contributed by atoms with E-state index in [1.807, 2.05) is 44.2 Å². The van der Waals surface area contributed by atoms with Gasteiger partial charge >= 0.3 is 0 Å². The van der Waals surface area contributed by atoms with Gasteiger partial charge in [0.25, 0.3) is 0 Å². The molecule has 0 aliphatic carbocycles. The van der Waals surface area contributed by atoms with Gasteiger partial charge in [-0.3, -0.25) is 10.1 Å². The van der Waals surface area contributed by atoms with Gasteiger partial charge < -0.3 is 5.32 Å². The summed E-state index contributed by atoms with van der Waals surface area (Å²) in [6, 6.07) is 24.6. The van der Waals surface area contributed by atoms with Crippen LogP contribution >= 0.6 is 0 Å². The first-order chi connectivity index (χ1) is 13.0. The van der Waals surface area contributed by atoms with Gasteiger partial charge in [0.1, 0.15) is 0 Å². The van der Waals surface area contributed by atoms with Crippen LogP contribution in [0.5, 0.6) is 0 Å². The minimum Gasteiger partial charge on any atom is -0.325 e. The molecule has 0 bridgehead atoms. The lowest BCUT2D eigenvalue weighted by atomic mass is 9.98. The van der Waals surface area contributed by atoms with Crippen LogP contribution in [0.1, 0.15) is 33.9 Å². The standard InChI is InChI=1S/C24H26N2O/c1-17-9-12-21(13-10-17)24(20-7-5-4-6-8-20)25-16-23(27)26-22-14-11-18(2)15-19(22)3/h4-15,24-25H,16H2,1-3H3,(H,26,27)/t24-/m0/s1. The zero-order valence-corrected chi connectivity index (χ0v) is 16.1. The summed E-state index contributed by atoms with van der Waals surface area (Å²) in [6.07, 6.45) is 0. The predicted octanol–water partition coefficient (Wildman–Crippen LogP) is 4.93. The van der Waals surface area contributed by atoms with Gasteiger partial charge in [-0.2, -0.15) is 0 Å². The van der Waals surface area contributed by atoms with Crippen molar-refractivity contribution in [2.45, 2.75) is 26.8 Å². The highest BCUT2D eigenvalue weighted by Crippen LogP contribution is 2.22. The molecular formula is C24H26N2O. The molecule has 1 amide bonds. The fourth-order valence-electron chi connectivity index (χ4n) is 3.18. The average molecular weight is 358 g/mol. The maximum Gasteiger partial charge on any atom is 0.238 e. The molecule has 3 aromatic carbocycles. The third-order valence-electron chi connectivity index (χ3n) is 4.67. The fraction of sp³-hybridized carbons (Fsp3) is 0.208. The molecule has 1 atom stereocenters. The summed E-state index contributed by atoms with van der Waals surface area (Å²) in [5, 5.41) is 6.41. The van der Waals surface area contributed by atoms with Crippen LogP contribution in [0.2, 0.25) is 0 Å². The summed E-state index contributed by atoms with van der Waals surface area (Å²) < 4.78 is 0. The molecule has 0 aliphatic heterocycles. The number of carbonyl (C=O) groups excluding carboxylic acids is 1. The molecule has 0 radical (unpaired) electrons. The van der Waals surface area contributed by atoms with Crippen LogP contribution in [-0.4, -0.2) is 12.5 Å². The van der Waals surface area contributed by atoms with Crippen LogP contribution < -0.4 is 10.6 Å². The van der Waals surface area contributed by atoms with Crippen molar-refractivity contribution < 1.29 is 4.79 Å². The Morgan fingerprint density at radius 2 is 1.44 bits per heavy atom. The van der Waals surface area contributed by atoms with Gasteiger partial charge in [0.2, 0.25) is 5.91 Å². The molecule has 0 saturated carbocycles. The van der Waals surface area contributed by atoms with E-state index in [4.69, 9.17) is 0 Å². The normalized spacial score (nSPS) is 11.8. The van der Waals surface area contributed by atoms with Crippen molar-refractivity contribution in [1.82, 2.24) is 5.32 Å². The molecule has 0 heterocycles. The van der Waals surface area contributed by atoms with Crippen molar-refractivity contribution in [2.75, 3.05) is 11.9 Å². The summed E-state index contributed by atoms with van der Waals surface area (Å²) in [5.74, 6) is -0.0463. The summed E-state index contributed by atoms with van der Waals surface area (Å²) in [4.78, 5) is 12.5. The van der Waals surface area contributed by atoms with Gasteiger partial charge in [0.15, 0.2) is 0 Å². The van der Waals surface area contributed by atoms with Crippen molar-refractivity contribution in [1.29, 1.82) is 0 Å². The zero-order valence-electron chi connectivity index (χ0n) is 16.1. The van der Waals surface area contributed by atoms with E-state index in [1.165, 1.54) is 11.1 Å². The average Bonchev–Trinajstić information content (AvgIpc) is 2.66. The predicted molar refractivity (Wildman–Crippen MR) is 112 cm³/mol. The number of rotatable bonds is 6. The van der Waals surface area contributed by atoms with E-state index in [1.54, 1.807) is 0 Å². The van der Waals surface area contributed by atoms with Crippen molar-refractivity contribution in [3.63, 3.8) is 0 Å². The van der Waals surface area contributed by atoms with Crippen LogP contribution in [0.4, 0.5) is 5.69 Å². The van der Waals surface area contributed by atoms with Crippen molar-refractivity contribution in [3.8, 4) is 0 Å². The second kappa shape index (κ2) is 8.65. The maximum absolute atomic E-state index is 12.5. The molecule has 0 fully saturated rings. The fourth-order valence-corrected chi connectivity index (χ4v) is 3.18. The third-order valence-corrected chi connectivity index (χ3v) is 4.67. The second-order valence-electron chi connectivity index (χ2n) is 7.00. The molecule has 27 heavy (non-hydrogen) atoms. The summed E-state index contributed by atoms with van der Waals surface area (Å²) in [5.41, 5.74) is 6.62. The molecule has 0 aliphatic rings. The molecule has 0 aromatic heterocycles.